The van der Waals surface area contributed by atoms with Gasteiger partial charge in [0.15, 0.2) is 0 Å². The van der Waals surface area contributed by atoms with E-state index in [0.29, 0.717) is 13.1 Å². The van der Waals surface area contributed by atoms with Gasteiger partial charge in [-0.3, -0.25) is 4.90 Å². The normalized spacial score (nSPS) is 10.2. The van der Waals surface area contributed by atoms with Gasteiger partial charge >= 0.3 is 0 Å². The number of benzene rings is 1. The van der Waals surface area contributed by atoms with Crippen molar-refractivity contribution in [3.05, 3.63) is 33.3 Å². The van der Waals surface area contributed by atoms with Gasteiger partial charge in [-0.05, 0) is 24.7 Å². The molecule has 0 aliphatic rings. The molecule has 74 valence electrons. The highest BCUT2D eigenvalue weighted by Gasteiger charge is 2.04. The minimum atomic E-state index is 0.409. The molecule has 0 saturated heterocycles. The minimum absolute atomic E-state index is 0.409. The Morgan fingerprint density at radius 3 is 2.86 bits per heavy atom. The van der Waals surface area contributed by atoms with E-state index in [0.717, 1.165) is 15.1 Å². The topological polar surface area (TPSA) is 27.0 Å². The summed E-state index contributed by atoms with van der Waals surface area (Å²) in [5.41, 5.74) is 1.03. The molecule has 0 heterocycles. The molecule has 0 fully saturated rings. The molecule has 0 spiro atoms. The van der Waals surface area contributed by atoms with Crippen LogP contribution in [-0.4, -0.2) is 18.5 Å². The average molecular weight is 274 g/mol. The second-order valence-electron chi connectivity index (χ2n) is 3.07. The first kappa shape index (κ1) is 11.5. The second-order valence-corrected chi connectivity index (χ2v) is 4.39. The van der Waals surface area contributed by atoms with Gasteiger partial charge in [-0.1, -0.05) is 33.6 Å². The molecule has 0 unspecified atom stereocenters. The van der Waals surface area contributed by atoms with E-state index in [2.05, 4.69) is 22.0 Å². The third-order valence-corrected chi connectivity index (χ3v) is 2.64. The molecule has 0 aliphatic heterocycles. The Hall–Kier alpha value is -0.560. The van der Waals surface area contributed by atoms with Crippen molar-refractivity contribution in [1.29, 1.82) is 5.26 Å². The van der Waals surface area contributed by atoms with Crippen LogP contribution in [0.25, 0.3) is 0 Å². The molecule has 0 amide bonds. The SMILES string of the molecule is CN(CC#N)Cc1ccc(Br)cc1Cl. The first-order valence-electron chi connectivity index (χ1n) is 4.13. The second kappa shape index (κ2) is 5.35. The molecule has 0 aliphatic carbocycles. The van der Waals surface area contributed by atoms with E-state index in [1.165, 1.54) is 0 Å². The van der Waals surface area contributed by atoms with Gasteiger partial charge in [-0.2, -0.15) is 5.26 Å². The van der Waals surface area contributed by atoms with E-state index in [4.69, 9.17) is 16.9 Å². The summed E-state index contributed by atoms with van der Waals surface area (Å²) in [4.78, 5) is 1.91. The van der Waals surface area contributed by atoms with Crippen molar-refractivity contribution in [2.45, 2.75) is 6.54 Å². The molecule has 0 bridgehead atoms. The Bertz CT molecular complexity index is 360. The maximum absolute atomic E-state index is 8.50. The Morgan fingerprint density at radius 2 is 2.29 bits per heavy atom. The van der Waals surface area contributed by atoms with Crippen LogP contribution in [0.4, 0.5) is 0 Å². The van der Waals surface area contributed by atoms with Crippen molar-refractivity contribution in [1.82, 2.24) is 4.90 Å². The van der Waals surface area contributed by atoms with Gasteiger partial charge in [-0.15, -0.1) is 0 Å². The third-order valence-electron chi connectivity index (χ3n) is 1.80. The van der Waals surface area contributed by atoms with Crippen LogP contribution in [0.15, 0.2) is 22.7 Å². The first-order valence-corrected chi connectivity index (χ1v) is 5.30. The fourth-order valence-corrected chi connectivity index (χ4v) is 1.85. The summed E-state index contributed by atoms with van der Waals surface area (Å²) in [7, 11) is 1.89. The van der Waals surface area contributed by atoms with Gasteiger partial charge in [0.2, 0.25) is 0 Å². The quantitative estimate of drug-likeness (QED) is 0.792. The monoisotopic (exact) mass is 272 g/mol. The lowest BCUT2D eigenvalue weighted by Crippen LogP contribution is -2.17. The molecule has 2 nitrogen and oxygen atoms in total. The summed E-state index contributed by atoms with van der Waals surface area (Å²) in [6, 6.07) is 7.85. The van der Waals surface area contributed by atoms with Crippen molar-refractivity contribution in [2.75, 3.05) is 13.6 Å². The summed E-state index contributed by atoms with van der Waals surface area (Å²) in [5, 5.41) is 9.22. The highest BCUT2D eigenvalue weighted by Crippen LogP contribution is 2.22. The molecule has 4 heteroatoms. The van der Waals surface area contributed by atoms with E-state index in [1.807, 2.05) is 30.1 Å². The Labute approximate surface area is 97.2 Å². The fraction of sp³-hybridized carbons (Fsp3) is 0.300. The zero-order valence-corrected chi connectivity index (χ0v) is 10.1. The lowest BCUT2D eigenvalue weighted by molar-refractivity contribution is 0.367. The molecule has 1 aromatic rings. The highest BCUT2D eigenvalue weighted by atomic mass is 79.9. The Balaban J connectivity index is 2.73. The van der Waals surface area contributed by atoms with Crippen LogP contribution >= 0.6 is 27.5 Å². The molecule has 0 atom stereocenters. The van der Waals surface area contributed by atoms with E-state index >= 15 is 0 Å². The zero-order chi connectivity index (χ0) is 10.6. The van der Waals surface area contributed by atoms with E-state index < -0.39 is 0 Å². The van der Waals surface area contributed by atoms with Crippen molar-refractivity contribution in [2.24, 2.45) is 0 Å². The molecule has 0 radical (unpaired) electrons. The molecule has 0 saturated carbocycles. The maximum atomic E-state index is 8.50. The van der Waals surface area contributed by atoms with Gasteiger partial charge in [-0.25, -0.2) is 0 Å². The number of halogens is 2. The minimum Gasteiger partial charge on any atom is -0.289 e. The number of rotatable bonds is 3. The molecule has 1 rings (SSSR count). The van der Waals surface area contributed by atoms with Crippen LogP contribution in [0.1, 0.15) is 5.56 Å². The van der Waals surface area contributed by atoms with Crippen LogP contribution in [-0.2, 0) is 6.54 Å². The van der Waals surface area contributed by atoms with Crippen LogP contribution < -0.4 is 0 Å². The lowest BCUT2D eigenvalue weighted by Gasteiger charge is -2.13. The smallest absolute Gasteiger partial charge is 0.0866 e. The van der Waals surface area contributed by atoms with Crippen molar-refractivity contribution in [3.8, 4) is 6.07 Å². The number of hydrogen-bond donors (Lipinski definition) is 0. The molecule has 14 heavy (non-hydrogen) atoms. The summed E-state index contributed by atoms with van der Waals surface area (Å²) in [6.45, 7) is 1.10. The number of nitrogens with zero attached hydrogens (tertiary/aromatic N) is 2. The lowest BCUT2D eigenvalue weighted by atomic mass is 10.2. The van der Waals surface area contributed by atoms with Gasteiger partial charge in [0.1, 0.15) is 0 Å². The van der Waals surface area contributed by atoms with Crippen molar-refractivity contribution >= 4 is 27.5 Å². The van der Waals surface area contributed by atoms with E-state index in [1.54, 1.807) is 0 Å². The van der Waals surface area contributed by atoms with Gasteiger partial charge in [0.05, 0.1) is 12.6 Å². The summed E-state index contributed by atoms with van der Waals surface area (Å²) < 4.78 is 0.967. The zero-order valence-electron chi connectivity index (χ0n) is 7.80. The fourth-order valence-electron chi connectivity index (χ4n) is 1.12. The summed E-state index contributed by atoms with van der Waals surface area (Å²) in [5.74, 6) is 0. The highest BCUT2D eigenvalue weighted by molar-refractivity contribution is 9.10. The molecule has 0 N–H and O–H groups in total. The van der Waals surface area contributed by atoms with Crippen LogP contribution in [0, 0.1) is 11.3 Å². The van der Waals surface area contributed by atoms with Crippen molar-refractivity contribution < 1.29 is 0 Å². The Morgan fingerprint density at radius 1 is 1.57 bits per heavy atom. The summed E-state index contributed by atoms with van der Waals surface area (Å²) >= 11 is 9.38. The van der Waals surface area contributed by atoms with Crippen LogP contribution in [0.2, 0.25) is 5.02 Å². The van der Waals surface area contributed by atoms with E-state index in [-0.39, 0.29) is 0 Å². The van der Waals surface area contributed by atoms with E-state index in [9.17, 15) is 0 Å². The molecular formula is C10H10BrClN2. The maximum Gasteiger partial charge on any atom is 0.0866 e. The Kier molecular flexibility index (Phi) is 4.40. The summed E-state index contributed by atoms with van der Waals surface area (Å²) in [6.07, 6.45) is 0. The number of nitriles is 1. The first-order chi connectivity index (χ1) is 6.63. The third kappa shape index (κ3) is 3.30. The largest absolute Gasteiger partial charge is 0.289 e. The van der Waals surface area contributed by atoms with Crippen LogP contribution in [0.5, 0.6) is 0 Å². The predicted octanol–water partition coefficient (Wildman–Crippen LogP) is 3.06. The van der Waals surface area contributed by atoms with Crippen molar-refractivity contribution in [3.63, 3.8) is 0 Å². The van der Waals surface area contributed by atoms with Gasteiger partial charge < -0.3 is 0 Å². The molecule has 0 aromatic heterocycles. The molecular weight excluding hydrogens is 263 g/mol. The van der Waals surface area contributed by atoms with Crippen LogP contribution in [0.3, 0.4) is 0 Å². The van der Waals surface area contributed by atoms with Gasteiger partial charge in [0.25, 0.3) is 0 Å². The standard InChI is InChI=1S/C10H10BrClN2/c1-14(5-4-13)7-8-2-3-9(11)6-10(8)12/h2-3,6H,5,7H2,1H3. The van der Waals surface area contributed by atoms with Gasteiger partial charge in [0, 0.05) is 16.0 Å². The predicted molar refractivity (Wildman–Crippen MR) is 61.1 cm³/mol. The number of hydrogen-bond acceptors (Lipinski definition) is 2. The average Bonchev–Trinajstić information content (AvgIpc) is 2.10. The molecule has 1 aromatic carbocycles.